The van der Waals surface area contributed by atoms with Gasteiger partial charge in [-0.25, -0.2) is 14.3 Å². The van der Waals surface area contributed by atoms with Crippen molar-refractivity contribution >= 4 is 22.6 Å². The second kappa shape index (κ2) is 10.7. The number of aryl methyl sites for hydroxylation is 1. The van der Waals surface area contributed by atoms with Crippen molar-refractivity contribution in [1.29, 1.82) is 0 Å². The van der Waals surface area contributed by atoms with Crippen LogP contribution in [0.15, 0.2) is 55.0 Å². The number of aliphatic hydroxyl groups excluding tert-OH is 3. The molecule has 0 spiro atoms. The fraction of sp³-hybridized carbons (Fsp3) is 0.308. The van der Waals surface area contributed by atoms with Gasteiger partial charge in [-0.2, -0.15) is 18.3 Å². The van der Waals surface area contributed by atoms with Crippen molar-refractivity contribution in [2.45, 2.75) is 43.6 Å². The van der Waals surface area contributed by atoms with Crippen LogP contribution in [0.3, 0.4) is 0 Å². The molecule has 5 atom stereocenters. The molecule has 3 aromatic heterocycles. The first kappa shape index (κ1) is 28.1. The Morgan fingerprint density at radius 2 is 1.79 bits per heavy atom. The molecule has 4 heterocycles. The Morgan fingerprint density at radius 3 is 2.52 bits per heavy atom. The monoisotopic (exact) mass is 602 g/mol. The van der Waals surface area contributed by atoms with E-state index in [4.69, 9.17) is 16.3 Å². The first-order valence-corrected chi connectivity index (χ1v) is 13.0. The van der Waals surface area contributed by atoms with Gasteiger partial charge in [0.05, 0.1) is 35.1 Å². The summed E-state index contributed by atoms with van der Waals surface area (Å²) >= 11 is 6.04. The summed E-state index contributed by atoms with van der Waals surface area (Å²) in [6.45, 7) is 0.782. The second-order valence-electron chi connectivity index (χ2n) is 9.68. The number of halogens is 4. The van der Waals surface area contributed by atoms with E-state index in [0.29, 0.717) is 22.3 Å². The minimum Gasteiger partial charge on any atom is -0.394 e. The SMILES string of the molecule is Cc1nc([C@@H]2O[C@H](CO)[C@H](O)[C@H](n3cc(-c4ccc5nccnc5c4)nn3)[C@H]2O)n(-c2cc(Cl)ccc2C(F)(F)F)n1. The maximum Gasteiger partial charge on any atom is 0.418 e. The topological polar surface area (TPSA) is 157 Å². The average Bonchev–Trinajstić information content (AvgIpc) is 3.59. The highest BCUT2D eigenvalue weighted by Gasteiger charge is 2.49. The lowest BCUT2D eigenvalue weighted by Crippen LogP contribution is -2.53. The molecule has 5 aromatic rings. The smallest absolute Gasteiger partial charge is 0.394 e. The molecule has 0 aliphatic carbocycles. The van der Waals surface area contributed by atoms with E-state index >= 15 is 0 Å². The van der Waals surface area contributed by atoms with Gasteiger partial charge in [0.25, 0.3) is 0 Å². The van der Waals surface area contributed by atoms with E-state index in [1.54, 1.807) is 30.6 Å². The summed E-state index contributed by atoms with van der Waals surface area (Å²) in [6, 6.07) is 7.01. The third-order valence-electron chi connectivity index (χ3n) is 6.96. The quantitative estimate of drug-likeness (QED) is 0.273. The van der Waals surface area contributed by atoms with Crippen LogP contribution < -0.4 is 0 Å². The van der Waals surface area contributed by atoms with Crippen LogP contribution in [0, 0.1) is 6.92 Å². The highest BCUT2D eigenvalue weighted by atomic mass is 35.5. The Labute approximate surface area is 240 Å². The van der Waals surface area contributed by atoms with Crippen LogP contribution in [-0.2, 0) is 10.9 Å². The Kier molecular flexibility index (Phi) is 7.14. The summed E-state index contributed by atoms with van der Waals surface area (Å²) in [5, 5.41) is 45.0. The fourth-order valence-corrected chi connectivity index (χ4v) is 5.18. The maximum atomic E-state index is 13.9. The molecule has 42 heavy (non-hydrogen) atoms. The lowest BCUT2D eigenvalue weighted by atomic mass is 9.92. The molecule has 2 aromatic carbocycles. The summed E-state index contributed by atoms with van der Waals surface area (Å²) < 4.78 is 49.7. The third-order valence-corrected chi connectivity index (χ3v) is 7.19. The highest BCUT2D eigenvalue weighted by molar-refractivity contribution is 6.30. The van der Waals surface area contributed by atoms with Gasteiger partial charge >= 0.3 is 6.18 Å². The predicted octanol–water partition coefficient (Wildman–Crippen LogP) is 2.84. The molecule has 16 heteroatoms. The zero-order valence-corrected chi connectivity index (χ0v) is 22.4. The zero-order valence-electron chi connectivity index (χ0n) is 21.6. The van der Waals surface area contributed by atoms with Crippen molar-refractivity contribution in [3.05, 3.63) is 77.2 Å². The number of hydrogen-bond donors (Lipinski definition) is 3. The molecule has 0 bridgehead atoms. The maximum absolute atomic E-state index is 13.9. The van der Waals surface area contributed by atoms with Crippen LogP contribution in [0.2, 0.25) is 5.02 Å². The number of aliphatic hydroxyl groups is 3. The van der Waals surface area contributed by atoms with Gasteiger partial charge in [0, 0.05) is 23.0 Å². The molecule has 218 valence electrons. The molecule has 3 N–H and O–H groups in total. The summed E-state index contributed by atoms with van der Waals surface area (Å²) in [7, 11) is 0. The molecule has 6 rings (SSSR count). The van der Waals surface area contributed by atoms with Gasteiger partial charge in [-0.1, -0.05) is 22.9 Å². The number of aromatic nitrogens is 8. The standard InChI is InChI=1S/C26H22ClF3N8O4/c1-12-33-25(38(35-12)19-9-14(27)3-4-15(19)26(28,29)30)24-23(41)21(22(40)20(11-39)42-24)37-10-18(34-36-37)13-2-5-16-17(8-13)32-7-6-31-16/h2-10,20-24,39-41H,11H2,1H3/t20-,21+,22+,23-,24-/m1/s1. The predicted molar refractivity (Wildman–Crippen MR) is 140 cm³/mol. The van der Waals surface area contributed by atoms with Crippen LogP contribution in [0.1, 0.15) is 29.4 Å². The number of benzene rings is 2. The molecule has 1 aliphatic rings. The fourth-order valence-electron chi connectivity index (χ4n) is 5.02. The summed E-state index contributed by atoms with van der Waals surface area (Å²) in [5.41, 5.74) is 0.830. The Morgan fingerprint density at radius 1 is 1.02 bits per heavy atom. The molecular formula is C26H22ClF3N8O4. The minimum absolute atomic E-state index is 0.0126. The largest absolute Gasteiger partial charge is 0.418 e. The van der Waals surface area contributed by atoms with Gasteiger partial charge < -0.3 is 20.1 Å². The van der Waals surface area contributed by atoms with Gasteiger partial charge in [-0.15, -0.1) is 5.10 Å². The van der Waals surface area contributed by atoms with E-state index in [1.807, 2.05) is 0 Å². The lowest BCUT2D eigenvalue weighted by molar-refractivity contribution is -0.210. The van der Waals surface area contributed by atoms with Crippen LogP contribution in [0.4, 0.5) is 13.2 Å². The van der Waals surface area contributed by atoms with Crippen molar-refractivity contribution in [2.75, 3.05) is 6.61 Å². The van der Waals surface area contributed by atoms with E-state index < -0.39 is 54.5 Å². The third kappa shape index (κ3) is 4.98. The molecule has 1 saturated heterocycles. The number of rotatable bonds is 5. The Hall–Kier alpha value is -4.02. The number of fused-ring (bicyclic) bond motifs is 1. The van der Waals surface area contributed by atoms with E-state index in [1.165, 1.54) is 17.8 Å². The minimum atomic E-state index is -4.76. The Balaban J connectivity index is 1.40. The Bertz CT molecular complexity index is 1760. The van der Waals surface area contributed by atoms with Crippen molar-refractivity contribution < 1.29 is 33.2 Å². The van der Waals surface area contributed by atoms with Crippen LogP contribution in [-0.4, -0.2) is 80.0 Å². The van der Waals surface area contributed by atoms with Gasteiger partial charge in [0.15, 0.2) is 5.82 Å². The number of hydrogen-bond acceptors (Lipinski definition) is 10. The van der Waals surface area contributed by atoms with E-state index in [0.717, 1.165) is 22.9 Å². The molecular weight excluding hydrogens is 581 g/mol. The van der Waals surface area contributed by atoms with Gasteiger partial charge in [0.2, 0.25) is 0 Å². The van der Waals surface area contributed by atoms with Crippen molar-refractivity contribution in [3.8, 4) is 16.9 Å². The van der Waals surface area contributed by atoms with Crippen molar-refractivity contribution in [2.24, 2.45) is 0 Å². The van der Waals surface area contributed by atoms with E-state index in [9.17, 15) is 28.5 Å². The zero-order chi connectivity index (χ0) is 29.8. The van der Waals surface area contributed by atoms with Gasteiger partial charge in [-0.3, -0.25) is 9.97 Å². The van der Waals surface area contributed by atoms with Crippen LogP contribution in [0.5, 0.6) is 0 Å². The lowest BCUT2D eigenvalue weighted by Gasteiger charge is -2.41. The van der Waals surface area contributed by atoms with Crippen LogP contribution >= 0.6 is 11.6 Å². The molecule has 1 fully saturated rings. The van der Waals surface area contributed by atoms with Gasteiger partial charge in [0.1, 0.15) is 42.0 Å². The molecule has 0 amide bonds. The second-order valence-corrected chi connectivity index (χ2v) is 10.1. The molecule has 0 unspecified atom stereocenters. The summed E-state index contributed by atoms with van der Waals surface area (Å²) in [5.74, 6) is -0.115. The van der Waals surface area contributed by atoms with Crippen molar-refractivity contribution in [3.63, 3.8) is 0 Å². The molecule has 0 radical (unpaired) electrons. The molecule has 12 nitrogen and oxygen atoms in total. The number of alkyl halides is 3. The first-order valence-electron chi connectivity index (χ1n) is 12.6. The molecule has 1 aliphatic heterocycles. The van der Waals surface area contributed by atoms with E-state index in [2.05, 4.69) is 30.4 Å². The van der Waals surface area contributed by atoms with Gasteiger partial charge in [-0.05, 0) is 37.3 Å². The first-order chi connectivity index (χ1) is 20.0. The summed E-state index contributed by atoms with van der Waals surface area (Å²) in [4.78, 5) is 12.8. The molecule has 0 saturated carbocycles. The number of ether oxygens (including phenoxy) is 1. The average molecular weight is 603 g/mol. The van der Waals surface area contributed by atoms with Crippen molar-refractivity contribution in [1.82, 2.24) is 39.7 Å². The number of nitrogens with zero attached hydrogens (tertiary/aromatic N) is 8. The summed E-state index contributed by atoms with van der Waals surface area (Å²) in [6.07, 6.45) is -5.96. The van der Waals surface area contributed by atoms with E-state index in [-0.39, 0.29) is 16.7 Å². The van der Waals surface area contributed by atoms with Crippen LogP contribution in [0.25, 0.3) is 28.0 Å². The highest BCUT2D eigenvalue weighted by Crippen LogP contribution is 2.41. The normalized spacial score (nSPS) is 23.0.